The summed E-state index contributed by atoms with van der Waals surface area (Å²) in [5.41, 5.74) is 0. The Labute approximate surface area is 139 Å². The highest BCUT2D eigenvalue weighted by Crippen LogP contribution is 2.25. The van der Waals surface area contributed by atoms with E-state index in [0.29, 0.717) is 37.3 Å². The Morgan fingerprint density at radius 3 is 3.04 bits per heavy atom. The van der Waals surface area contributed by atoms with Crippen molar-refractivity contribution in [1.82, 2.24) is 20.1 Å². The third-order valence-electron chi connectivity index (χ3n) is 3.68. The van der Waals surface area contributed by atoms with E-state index >= 15 is 0 Å². The van der Waals surface area contributed by atoms with Gasteiger partial charge in [-0.05, 0) is 12.1 Å². The van der Waals surface area contributed by atoms with E-state index in [1.807, 2.05) is 13.8 Å². The molecular weight excluding hydrogens is 312 g/mol. The van der Waals surface area contributed by atoms with Crippen molar-refractivity contribution in [3.05, 3.63) is 36.3 Å². The third kappa shape index (κ3) is 3.70. The lowest BCUT2D eigenvalue weighted by Gasteiger charge is -2.33. The van der Waals surface area contributed by atoms with Crippen molar-refractivity contribution in [2.24, 2.45) is 0 Å². The van der Waals surface area contributed by atoms with Crippen LogP contribution < -0.4 is 4.74 Å². The van der Waals surface area contributed by atoms with Gasteiger partial charge in [0.25, 0.3) is 5.91 Å². The molecule has 3 heterocycles. The van der Waals surface area contributed by atoms with Gasteiger partial charge in [-0.25, -0.2) is 0 Å². The van der Waals surface area contributed by atoms with Crippen LogP contribution >= 0.6 is 0 Å². The third-order valence-corrected chi connectivity index (χ3v) is 3.68. The molecule has 1 fully saturated rings. The largest absolute Gasteiger partial charge is 0.482 e. The molecule has 1 atom stereocenters. The van der Waals surface area contributed by atoms with Crippen molar-refractivity contribution in [1.29, 1.82) is 0 Å². The Hall–Kier alpha value is -2.48. The molecule has 0 bridgehead atoms. The van der Waals surface area contributed by atoms with E-state index in [-0.39, 0.29) is 24.5 Å². The highest BCUT2D eigenvalue weighted by molar-refractivity contribution is 5.78. The van der Waals surface area contributed by atoms with Crippen LogP contribution in [0.25, 0.3) is 0 Å². The van der Waals surface area contributed by atoms with Crippen LogP contribution in [0.4, 0.5) is 0 Å². The van der Waals surface area contributed by atoms with Gasteiger partial charge in [0, 0.05) is 18.7 Å². The zero-order valence-corrected chi connectivity index (χ0v) is 13.7. The maximum absolute atomic E-state index is 12.5. The minimum absolute atomic E-state index is 0.0760. The molecule has 1 saturated heterocycles. The van der Waals surface area contributed by atoms with Crippen molar-refractivity contribution in [2.75, 3.05) is 26.4 Å². The summed E-state index contributed by atoms with van der Waals surface area (Å²) in [6.07, 6.45) is 3.21. The molecule has 1 aliphatic rings. The van der Waals surface area contributed by atoms with Crippen molar-refractivity contribution < 1.29 is 18.7 Å². The first kappa shape index (κ1) is 16.4. The summed E-state index contributed by atoms with van der Waals surface area (Å²) in [5.74, 6) is 1.48. The molecule has 1 aliphatic heterocycles. The number of hydrogen-bond acceptors (Lipinski definition) is 7. The van der Waals surface area contributed by atoms with Crippen LogP contribution in [0.2, 0.25) is 0 Å². The number of amides is 1. The van der Waals surface area contributed by atoms with Gasteiger partial charge in [0.1, 0.15) is 11.8 Å². The Bertz CT molecular complexity index is 674. The highest BCUT2D eigenvalue weighted by Gasteiger charge is 2.33. The fourth-order valence-electron chi connectivity index (χ4n) is 2.38. The number of ether oxygens (including phenoxy) is 2. The van der Waals surface area contributed by atoms with Crippen molar-refractivity contribution in [3.63, 3.8) is 0 Å². The molecule has 8 nitrogen and oxygen atoms in total. The van der Waals surface area contributed by atoms with E-state index in [1.165, 1.54) is 0 Å². The minimum Gasteiger partial charge on any atom is -0.482 e. The van der Waals surface area contributed by atoms with Gasteiger partial charge in [-0.3, -0.25) is 9.78 Å². The van der Waals surface area contributed by atoms with E-state index < -0.39 is 0 Å². The monoisotopic (exact) mass is 332 g/mol. The number of carbonyl (C=O) groups excluding carboxylic acids is 1. The molecule has 2 aromatic heterocycles. The average molecular weight is 332 g/mol. The second-order valence-corrected chi connectivity index (χ2v) is 5.79. The Kier molecular flexibility index (Phi) is 5.05. The molecule has 8 heteroatoms. The Balaban J connectivity index is 1.68. The number of rotatable bonds is 5. The van der Waals surface area contributed by atoms with Gasteiger partial charge >= 0.3 is 0 Å². The van der Waals surface area contributed by atoms with Crippen LogP contribution in [-0.2, 0) is 9.53 Å². The molecule has 128 valence electrons. The maximum atomic E-state index is 12.5. The molecular formula is C16H20N4O4. The molecule has 0 N–H and O–H groups in total. The molecule has 1 amide bonds. The molecule has 3 rings (SSSR count). The molecule has 1 unspecified atom stereocenters. The van der Waals surface area contributed by atoms with Gasteiger partial charge in [0.2, 0.25) is 11.8 Å². The lowest BCUT2D eigenvalue weighted by Crippen LogP contribution is -2.45. The average Bonchev–Trinajstić information content (AvgIpc) is 3.11. The molecule has 24 heavy (non-hydrogen) atoms. The smallest absolute Gasteiger partial charge is 0.261 e. The normalized spacial score (nSPS) is 18.0. The summed E-state index contributed by atoms with van der Waals surface area (Å²) < 4.78 is 16.6. The number of morpholine rings is 1. The Morgan fingerprint density at radius 1 is 1.46 bits per heavy atom. The molecule has 0 saturated carbocycles. The van der Waals surface area contributed by atoms with Crippen LogP contribution in [0, 0.1) is 0 Å². The van der Waals surface area contributed by atoms with Crippen LogP contribution in [0.15, 0.2) is 28.9 Å². The van der Waals surface area contributed by atoms with E-state index in [9.17, 15) is 4.79 Å². The van der Waals surface area contributed by atoms with Gasteiger partial charge < -0.3 is 18.8 Å². The van der Waals surface area contributed by atoms with Crippen molar-refractivity contribution >= 4 is 5.91 Å². The predicted octanol–water partition coefficient (Wildman–Crippen LogP) is 1.57. The van der Waals surface area contributed by atoms with Gasteiger partial charge in [-0.2, -0.15) is 0 Å². The van der Waals surface area contributed by atoms with Gasteiger partial charge in [0.15, 0.2) is 6.61 Å². The second kappa shape index (κ2) is 7.39. The summed E-state index contributed by atoms with van der Waals surface area (Å²) in [5, 5.41) is 8.10. The lowest BCUT2D eigenvalue weighted by atomic mass is 10.2. The molecule has 0 spiro atoms. The fraction of sp³-hybridized carbons (Fsp3) is 0.500. The van der Waals surface area contributed by atoms with E-state index in [4.69, 9.17) is 13.9 Å². The highest BCUT2D eigenvalue weighted by atomic mass is 16.5. The first-order chi connectivity index (χ1) is 11.6. The van der Waals surface area contributed by atoms with E-state index in [0.717, 1.165) is 0 Å². The maximum Gasteiger partial charge on any atom is 0.261 e. The number of hydrogen-bond donors (Lipinski definition) is 0. The van der Waals surface area contributed by atoms with Crippen molar-refractivity contribution in [2.45, 2.75) is 25.8 Å². The first-order valence-electron chi connectivity index (χ1n) is 7.88. The molecule has 0 aromatic carbocycles. The second-order valence-electron chi connectivity index (χ2n) is 5.79. The van der Waals surface area contributed by atoms with Crippen LogP contribution in [-0.4, -0.2) is 52.4 Å². The quantitative estimate of drug-likeness (QED) is 0.820. The lowest BCUT2D eigenvalue weighted by molar-refractivity contribution is -0.143. The summed E-state index contributed by atoms with van der Waals surface area (Å²) in [6, 6.07) is 3.12. The molecule has 2 aromatic rings. The number of carbonyl (C=O) groups is 1. The summed E-state index contributed by atoms with van der Waals surface area (Å²) in [4.78, 5) is 18.1. The number of aromatic nitrogens is 3. The van der Waals surface area contributed by atoms with Crippen LogP contribution in [0.3, 0.4) is 0 Å². The number of nitrogens with zero attached hydrogens (tertiary/aromatic N) is 4. The zero-order valence-electron chi connectivity index (χ0n) is 13.7. The fourth-order valence-corrected chi connectivity index (χ4v) is 2.38. The van der Waals surface area contributed by atoms with Gasteiger partial charge in [0.05, 0.1) is 19.4 Å². The first-order valence-corrected chi connectivity index (χ1v) is 7.88. The predicted molar refractivity (Wildman–Crippen MR) is 83.4 cm³/mol. The van der Waals surface area contributed by atoms with Gasteiger partial charge in [-0.15, -0.1) is 10.2 Å². The summed E-state index contributed by atoms with van der Waals surface area (Å²) >= 11 is 0. The standard InChI is InChI=1S/C16H20N4O4/c1-11(2)15-18-19-16(24-15)13-9-22-7-6-20(13)14(21)10-23-12-4-3-5-17-8-12/h3-5,8,11,13H,6-7,9-10H2,1-2H3. The summed E-state index contributed by atoms with van der Waals surface area (Å²) in [7, 11) is 0. The number of pyridine rings is 1. The molecule has 0 aliphatic carbocycles. The minimum atomic E-state index is -0.385. The van der Waals surface area contributed by atoms with Gasteiger partial charge in [-0.1, -0.05) is 13.8 Å². The summed E-state index contributed by atoms with van der Waals surface area (Å²) in [6.45, 7) is 5.13. The van der Waals surface area contributed by atoms with E-state index in [2.05, 4.69) is 15.2 Å². The Morgan fingerprint density at radius 2 is 2.33 bits per heavy atom. The topological polar surface area (TPSA) is 90.6 Å². The molecule has 0 radical (unpaired) electrons. The van der Waals surface area contributed by atoms with E-state index in [1.54, 1.807) is 29.4 Å². The van der Waals surface area contributed by atoms with Crippen LogP contribution in [0.1, 0.15) is 37.6 Å². The zero-order chi connectivity index (χ0) is 16.9. The van der Waals surface area contributed by atoms with Crippen LogP contribution in [0.5, 0.6) is 5.75 Å². The SMILES string of the molecule is CC(C)c1nnc(C2COCCN2C(=O)COc2cccnc2)o1. The van der Waals surface area contributed by atoms with Crippen molar-refractivity contribution in [3.8, 4) is 5.75 Å².